The number of nitrogens with zero attached hydrogens (tertiary/aromatic N) is 4. The maximum absolute atomic E-state index is 5.32. The molecule has 1 aromatic heterocycles. The SMILES string of the molecule is CCCn1ncnc1CNCCN1CCOCC1. The molecule has 1 fully saturated rings. The van der Waals surface area contributed by atoms with E-state index in [4.69, 9.17) is 4.74 Å². The van der Waals surface area contributed by atoms with Crippen molar-refractivity contribution >= 4 is 0 Å². The number of nitrogens with one attached hydrogen (secondary N) is 1. The van der Waals surface area contributed by atoms with Crippen molar-refractivity contribution < 1.29 is 4.74 Å². The minimum absolute atomic E-state index is 0.796. The summed E-state index contributed by atoms with van der Waals surface area (Å²) in [5, 5.41) is 7.64. The van der Waals surface area contributed by atoms with Crippen molar-refractivity contribution in [3.8, 4) is 0 Å². The highest BCUT2D eigenvalue weighted by molar-refractivity contribution is 4.83. The van der Waals surface area contributed by atoms with E-state index in [0.717, 1.165) is 64.7 Å². The van der Waals surface area contributed by atoms with Gasteiger partial charge in [-0.1, -0.05) is 6.92 Å². The summed E-state index contributed by atoms with van der Waals surface area (Å²) in [7, 11) is 0. The fourth-order valence-corrected chi connectivity index (χ4v) is 2.09. The van der Waals surface area contributed by atoms with E-state index >= 15 is 0 Å². The lowest BCUT2D eigenvalue weighted by Crippen LogP contribution is -2.40. The summed E-state index contributed by atoms with van der Waals surface area (Å²) >= 11 is 0. The molecule has 0 unspecified atom stereocenters. The lowest BCUT2D eigenvalue weighted by atomic mass is 10.4. The van der Waals surface area contributed by atoms with Crippen LogP contribution >= 0.6 is 0 Å². The van der Waals surface area contributed by atoms with Crippen LogP contribution in [0.3, 0.4) is 0 Å². The first-order valence-corrected chi connectivity index (χ1v) is 6.77. The van der Waals surface area contributed by atoms with Crippen molar-refractivity contribution in [3.63, 3.8) is 0 Å². The zero-order valence-corrected chi connectivity index (χ0v) is 11.1. The topological polar surface area (TPSA) is 55.2 Å². The second-order valence-corrected chi connectivity index (χ2v) is 4.53. The van der Waals surface area contributed by atoms with Gasteiger partial charge in [-0.05, 0) is 6.42 Å². The molecule has 18 heavy (non-hydrogen) atoms. The Kier molecular flexibility index (Phi) is 5.57. The number of ether oxygens (including phenoxy) is 1. The summed E-state index contributed by atoms with van der Waals surface area (Å²) < 4.78 is 7.30. The standard InChI is InChI=1S/C12H23N5O/c1-2-4-17-12(14-11-15-17)10-13-3-5-16-6-8-18-9-7-16/h11,13H,2-10H2,1H3. The zero-order valence-electron chi connectivity index (χ0n) is 11.1. The van der Waals surface area contributed by atoms with Crippen molar-refractivity contribution in [1.29, 1.82) is 0 Å². The lowest BCUT2D eigenvalue weighted by molar-refractivity contribution is 0.0384. The van der Waals surface area contributed by atoms with Gasteiger partial charge in [-0.25, -0.2) is 9.67 Å². The summed E-state index contributed by atoms with van der Waals surface area (Å²) in [6.45, 7) is 9.78. The molecule has 0 saturated carbocycles. The Morgan fingerprint density at radius 2 is 2.17 bits per heavy atom. The van der Waals surface area contributed by atoms with Gasteiger partial charge in [-0.3, -0.25) is 4.90 Å². The monoisotopic (exact) mass is 253 g/mol. The average molecular weight is 253 g/mol. The van der Waals surface area contributed by atoms with E-state index in [1.807, 2.05) is 4.68 Å². The minimum Gasteiger partial charge on any atom is -0.379 e. The number of aromatic nitrogens is 3. The number of rotatable bonds is 7. The highest BCUT2D eigenvalue weighted by Crippen LogP contribution is 1.97. The van der Waals surface area contributed by atoms with Crippen molar-refractivity contribution in [2.24, 2.45) is 0 Å². The van der Waals surface area contributed by atoms with Crippen molar-refractivity contribution in [3.05, 3.63) is 12.2 Å². The largest absolute Gasteiger partial charge is 0.379 e. The van der Waals surface area contributed by atoms with Crippen LogP contribution in [0, 0.1) is 0 Å². The predicted molar refractivity (Wildman–Crippen MR) is 69.3 cm³/mol. The van der Waals surface area contributed by atoms with Crippen LogP contribution in [-0.2, 0) is 17.8 Å². The van der Waals surface area contributed by atoms with Crippen LogP contribution in [0.25, 0.3) is 0 Å². The van der Waals surface area contributed by atoms with Crippen LogP contribution in [0.2, 0.25) is 0 Å². The maximum atomic E-state index is 5.32. The van der Waals surface area contributed by atoms with Gasteiger partial charge in [-0.15, -0.1) is 0 Å². The van der Waals surface area contributed by atoms with Gasteiger partial charge in [0.1, 0.15) is 12.2 Å². The fraction of sp³-hybridized carbons (Fsp3) is 0.833. The molecule has 1 saturated heterocycles. The van der Waals surface area contributed by atoms with Crippen LogP contribution in [0.5, 0.6) is 0 Å². The van der Waals surface area contributed by atoms with Crippen LogP contribution in [0.15, 0.2) is 6.33 Å². The predicted octanol–water partition coefficient (Wildman–Crippen LogP) is 0.110. The Morgan fingerprint density at radius 1 is 1.33 bits per heavy atom. The summed E-state index contributed by atoms with van der Waals surface area (Å²) in [6, 6.07) is 0. The molecule has 0 amide bonds. The Bertz CT molecular complexity index is 335. The van der Waals surface area contributed by atoms with E-state index in [2.05, 4.69) is 27.2 Å². The fourth-order valence-electron chi connectivity index (χ4n) is 2.09. The molecule has 0 atom stereocenters. The summed E-state index contributed by atoms with van der Waals surface area (Å²) in [5.74, 6) is 1.03. The first-order valence-electron chi connectivity index (χ1n) is 6.77. The van der Waals surface area contributed by atoms with Crippen molar-refractivity contribution in [2.75, 3.05) is 39.4 Å². The van der Waals surface area contributed by atoms with Gasteiger partial charge in [0, 0.05) is 32.7 Å². The smallest absolute Gasteiger partial charge is 0.140 e. The highest BCUT2D eigenvalue weighted by Gasteiger charge is 2.09. The second kappa shape index (κ2) is 7.45. The summed E-state index contributed by atoms with van der Waals surface area (Å²) in [6.07, 6.45) is 2.72. The van der Waals surface area contributed by atoms with E-state index in [0.29, 0.717) is 0 Å². The highest BCUT2D eigenvalue weighted by atomic mass is 16.5. The molecule has 0 bridgehead atoms. The van der Waals surface area contributed by atoms with E-state index in [-0.39, 0.29) is 0 Å². The molecule has 1 aliphatic rings. The zero-order chi connectivity index (χ0) is 12.6. The molecular formula is C12H23N5O. The van der Waals surface area contributed by atoms with Gasteiger partial charge in [0.2, 0.25) is 0 Å². The summed E-state index contributed by atoms with van der Waals surface area (Å²) in [5.41, 5.74) is 0. The van der Waals surface area contributed by atoms with Gasteiger partial charge < -0.3 is 10.1 Å². The number of aryl methyl sites for hydroxylation is 1. The van der Waals surface area contributed by atoms with Crippen molar-refractivity contribution in [2.45, 2.75) is 26.4 Å². The number of hydrogen-bond donors (Lipinski definition) is 1. The van der Waals surface area contributed by atoms with E-state index in [9.17, 15) is 0 Å². The first kappa shape index (κ1) is 13.5. The van der Waals surface area contributed by atoms with E-state index in [1.165, 1.54) is 0 Å². The van der Waals surface area contributed by atoms with Crippen LogP contribution in [-0.4, -0.2) is 59.1 Å². The van der Waals surface area contributed by atoms with Gasteiger partial charge in [0.15, 0.2) is 0 Å². The lowest BCUT2D eigenvalue weighted by Gasteiger charge is -2.26. The molecular weight excluding hydrogens is 230 g/mol. The molecule has 0 aromatic carbocycles. The molecule has 1 aromatic rings. The van der Waals surface area contributed by atoms with Crippen molar-refractivity contribution in [1.82, 2.24) is 25.0 Å². The third-order valence-corrected chi connectivity index (χ3v) is 3.12. The first-order chi connectivity index (χ1) is 8.90. The maximum Gasteiger partial charge on any atom is 0.140 e. The Hall–Kier alpha value is -0.980. The van der Waals surface area contributed by atoms with Gasteiger partial charge in [-0.2, -0.15) is 5.10 Å². The Morgan fingerprint density at radius 3 is 2.94 bits per heavy atom. The average Bonchev–Trinajstić information content (AvgIpc) is 2.84. The normalized spacial score (nSPS) is 17.2. The molecule has 0 aliphatic carbocycles. The Balaban J connectivity index is 1.63. The van der Waals surface area contributed by atoms with E-state index in [1.54, 1.807) is 6.33 Å². The van der Waals surface area contributed by atoms with Crippen LogP contribution in [0.1, 0.15) is 19.2 Å². The van der Waals surface area contributed by atoms with Crippen LogP contribution < -0.4 is 5.32 Å². The number of morpholine rings is 1. The minimum atomic E-state index is 0.796. The molecule has 102 valence electrons. The Labute approximate surface area is 108 Å². The second-order valence-electron chi connectivity index (χ2n) is 4.53. The quantitative estimate of drug-likeness (QED) is 0.699. The molecule has 1 N–H and O–H groups in total. The molecule has 1 aliphatic heterocycles. The number of hydrogen-bond acceptors (Lipinski definition) is 5. The third kappa shape index (κ3) is 4.04. The van der Waals surface area contributed by atoms with Gasteiger partial charge in [0.05, 0.1) is 19.8 Å². The van der Waals surface area contributed by atoms with Crippen LogP contribution in [0.4, 0.5) is 0 Å². The molecule has 6 heteroatoms. The summed E-state index contributed by atoms with van der Waals surface area (Å²) in [4.78, 5) is 6.70. The molecule has 2 heterocycles. The molecule has 0 radical (unpaired) electrons. The van der Waals surface area contributed by atoms with Gasteiger partial charge >= 0.3 is 0 Å². The van der Waals surface area contributed by atoms with Gasteiger partial charge in [0.25, 0.3) is 0 Å². The third-order valence-electron chi connectivity index (χ3n) is 3.12. The van der Waals surface area contributed by atoms with E-state index < -0.39 is 0 Å². The molecule has 2 rings (SSSR count). The molecule has 0 spiro atoms. The molecule has 6 nitrogen and oxygen atoms in total.